The minimum atomic E-state index is -4.70. The van der Waals surface area contributed by atoms with Crippen molar-refractivity contribution in [2.75, 3.05) is 11.9 Å². The van der Waals surface area contributed by atoms with Crippen molar-refractivity contribution in [2.45, 2.75) is 18.7 Å². The summed E-state index contributed by atoms with van der Waals surface area (Å²) in [5.41, 5.74) is -0.0619. The Kier molecular flexibility index (Phi) is 7.89. The molecule has 0 aliphatic rings. The molecule has 0 bridgehead atoms. The standard InChI is InChI=1S/C26H21Cl2N3O6S/c1-3-37-16-8-9-20(28)22(13-16)29-26(33)18-12-15-6-4-5-7-17(15)23(24(18)32)31-30-21-11-10-19(27)14(2)25(21)38(34,35)36/h4-13,32H,3H2,1-2H3,(H,29,33)(H,34,35,36). The Morgan fingerprint density at radius 2 is 1.74 bits per heavy atom. The fraction of sp³-hybridized carbons (Fsp3) is 0.115. The maximum absolute atomic E-state index is 13.2. The van der Waals surface area contributed by atoms with Crippen LogP contribution in [0.25, 0.3) is 10.8 Å². The number of amides is 1. The van der Waals surface area contributed by atoms with E-state index in [2.05, 4.69) is 15.5 Å². The number of nitrogens with one attached hydrogen (secondary N) is 1. The molecule has 3 N–H and O–H groups in total. The molecule has 0 saturated heterocycles. The molecule has 38 heavy (non-hydrogen) atoms. The molecule has 0 fully saturated rings. The van der Waals surface area contributed by atoms with Crippen LogP contribution in [0.4, 0.5) is 17.1 Å². The van der Waals surface area contributed by atoms with Crippen LogP contribution in [0.15, 0.2) is 75.8 Å². The van der Waals surface area contributed by atoms with E-state index in [1.165, 1.54) is 25.1 Å². The van der Waals surface area contributed by atoms with Gasteiger partial charge in [-0.1, -0.05) is 47.5 Å². The number of carbonyl (C=O) groups excluding carboxylic acids is 1. The van der Waals surface area contributed by atoms with E-state index < -0.39 is 26.7 Å². The van der Waals surface area contributed by atoms with Gasteiger partial charge in [0.25, 0.3) is 16.0 Å². The molecule has 0 aliphatic heterocycles. The number of nitrogens with zero attached hydrogens (tertiary/aromatic N) is 2. The van der Waals surface area contributed by atoms with Crippen LogP contribution in [0.3, 0.4) is 0 Å². The van der Waals surface area contributed by atoms with Crippen molar-refractivity contribution >= 4 is 67.1 Å². The molecule has 0 unspecified atom stereocenters. The quantitative estimate of drug-likeness (QED) is 0.155. The Bertz CT molecular complexity index is 1710. The highest BCUT2D eigenvalue weighted by molar-refractivity contribution is 7.86. The molecule has 4 aromatic rings. The number of azo groups is 1. The van der Waals surface area contributed by atoms with Crippen molar-refractivity contribution in [3.63, 3.8) is 0 Å². The molecule has 0 aromatic heterocycles. The van der Waals surface area contributed by atoms with Gasteiger partial charge < -0.3 is 15.2 Å². The number of phenolic OH excluding ortho intramolecular Hbond substituents is 1. The van der Waals surface area contributed by atoms with Gasteiger partial charge >= 0.3 is 0 Å². The van der Waals surface area contributed by atoms with E-state index in [1.807, 2.05) is 6.92 Å². The summed E-state index contributed by atoms with van der Waals surface area (Å²) in [5.74, 6) is -0.681. The number of phenols is 1. The van der Waals surface area contributed by atoms with Crippen LogP contribution in [0, 0.1) is 6.92 Å². The lowest BCUT2D eigenvalue weighted by molar-refractivity contribution is 0.102. The number of hydrogen-bond acceptors (Lipinski definition) is 7. The lowest BCUT2D eigenvalue weighted by atomic mass is 10.0. The third kappa shape index (κ3) is 5.58. The maximum atomic E-state index is 13.2. The van der Waals surface area contributed by atoms with Gasteiger partial charge in [0.1, 0.15) is 22.0 Å². The lowest BCUT2D eigenvalue weighted by Crippen LogP contribution is -2.12. The van der Waals surface area contributed by atoms with Gasteiger partial charge in [0.15, 0.2) is 5.75 Å². The molecular formula is C26H21Cl2N3O6S. The van der Waals surface area contributed by atoms with Gasteiger partial charge in [-0.25, -0.2) is 0 Å². The monoisotopic (exact) mass is 573 g/mol. The Hall–Kier alpha value is -3.70. The molecule has 0 heterocycles. The Morgan fingerprint density at radius 1 is 1.03 bits per heavy atom. The SMILES string of the molecule is CCOc1ccc(Cl)c(NC(=O)c2cc3ccccc3c(N=Nc3ccc(Cl)c(C)c3S(=O)(=O)O)c2O)c1. The zero-order valence-electron chi connectivity index (χ0n) is 20.1. The zero-order valence-corrected chi connectivity index (χ0v) is 22.4. The number of halogens is 2. The second-order valence-corrected chi connectivity index (χ2v) is 10.2. The molecule has 0 spiro atoms. The molecule has 0 aliphatic carbocycles. The summed E-state index contributed by atoms with van der Waals surface area (Å²) in [4.78, 5) is 12.7. The Balaban J connectivity index is 1.82. The van der Waals surface area contributed by atoms with Crippen LogP contribution in [-0.2, 0) is 10.1 Å². The molecular weight excluding hydrogens is 553 g/mol. The molecule has 4 rings (SSSR count). The van der Waals surface area contributed by atoms with Gasteiger partial charge in [-0.05, 0) is 55.1 Å². The molecule has 0 atom stereocenters. The van der Waals surface area contributed by atoms with Gasteiger partial charge in [-0.3, -0.25) is 9.35 Å². The van der Waals surface area contributed by atoms with Gasteiger partial charge in [0.05, 0.1) is 22.9 Å². The highest BCUT2D eigenvalue weighted by atomic mass is 35.5. The number of anilines is 1. The average Bonchev–Trinajstić information content (AvgIpc) is 2.86. The number of carbonyl (C=O) groups is 1. The smallest absolute Gasteiger partial charge is 0.297 e. The summed E-state index contributed by atoms with van der Waals surface area (Å²) in [5, 5.41) is 23.2. The summed E-state index contributed by atoms with van der Waals surface area (Å²) < 4.78 is 39.2. The normalized spacial score (nSPS) is 11.7. The number of rotatable bonds is 7. The minimum absolute atomic E-state index is 0.0824. The summed E-state index contributed by atoms with van der Waals surface area (Å²) in [6.45, 7) is 3.65. The molecule has 0 saturated carbocycles. The van der Waals surface area contributed by atoms with Gasteiger partial charge in [-0.15, -0.1) is 10.2 Å². The summed E-state index contributed by atoms with van der Waals surface area (Å²) in [6.07, 6.45) is 0. The Morgan fingerprint density at radius 3 is 2.45 bits per heavy atom. The largest absolute Gasteiger partial charge is 0.505 e. The van der Waals surface area contributed by atoms with E-state index in [9.17, 15) is 22.9 Å². The van der Waals surface area contributed by atoms with E-state index >= 15 is 0 Å². The number of aromatic hydroxyl groups is 1. The molecule has 4 aromatic carbocycles. The maximum Gasteiger partial charge on any atom is 0.297 e. The molecule has 196 valence electrons. The molecule has 0 radical (unpaired) electrons. The third-order valence-corrected chi connectivity index (χ3v) is 7.34. The predicted molar refractivity (Wildman–Crippen MR) is 146 cm³/mol. The van der Waals surface area contributed by atoms with E-state index in [-0.39, 0.29) is 38.2 Å². The predicted octanol–water partition coefficient (Wildman–Crippen LogP) is 7.47. The van der Waals surface area contributed by atoms with Gasteiger partial charge in [-0.2, -0.15) is 8.42 Å². The second-order valence-electron chi connectivity index (χ2n) is 8.07. The Labute approximate surface area is 228 Å². The van der Waals surface area contributed by atoms with Crippen molar-refractivity contribution < 1.29 is 27.6 Å². The lowest BCUT2D eigenvalue weighted by Gasteiger charge is -2.13. The van der Waals surface area contributed by atoms with Crippen molar-refractivity contribution in [3.8, 4) is 11.5 Å². The third-order valence-electron chi connectivity index (χ3n) is 5.57. The number of fused-ring (bicyclic) bond motifs is 1. The highest BCUT2D eigenvalue weighted by Crippen LogP contribution is 2.41. The van der Waals surface area contributed by atoms with Crippen LogP contribution >= 0.6 is 23.2 Å². The summed E-state index contributed by atoms with van der Waals surface area (Å²) >= 11 is 12.3. The van der Waals surface area contributed by atoms with E-state index in [1.54, 1.807) is 42.5 Å². The first-order valence-corrected chi connectivity index (χ1v) is 13.4. The van der Waals surface area contributed by atoms with Crippen LogP contribution in [0.1, 0.15) is 22.8 Å². The first kappa shape index (κ1) is 27.3. The number of hydrogen-bond donors (Lipinski definition) is 3. The van der Waals surface area contributed by atoms with Crippen molar-refractivity contribution in [1.82, 2.24) is 0 Å². The fourth-order valence-electron chi connectivity index (χ4n) is 3.80. The van der Waals surface area contributed by atoms with Gasteiger partial charge in [0, 0.05) is 16.5 Å². The number of benzene rings is 4. The summed E-state index contributed by atoms with van der Waals surface area (Å²) in [6, 6.07) is 15.8. The summed E-state index contributed by atoms with van der Waals surface area (Å²) in [7, 11) is -4.70. The fourth-order valence-corrected chi connectivity index (χ4v) is 5.05. The van der Waals surface area contributed by atoms with Crippen molar-refractivity contribution in [1.29, 1.82) is 0 Å². The number of ether oxygens (including phenoxy) is 1. The average molecular weight is 574 g/mol. The first-order chi connectivity index (χ1) is 18.0. The van der Waals surface area contributed by atoms with E-state index in [4.69, 9.17) is 27.9 Å². The molecule has 9 nitrogen and oxygen atoms in total. The van der Waals surface area contributed by atoms with Crippen LogP contribution in [0.2, 0.25) is 10.0 Å². The van der Waals surface area contributed by atoms with Gasteiger partial charge in [0.2, 0.25) is 0 Å². The molecule has 12 heteroatoms. The minimum Gasteiger partial charge on any atom is -0.505 e. The van der Waals surface area contributed by atoms with E-state index in [0.717, 1.165) is 0 Å². The first-order valence-electron chi connectivity index (χ1n) is 11.2. The topological polar surface area (TPSA) is 138 Å². The van der Waals surface area contributed by atoms with Crippen LogP contribution < -0.4 is 10.1 Å². The zero-order chi connectivity index (χ0) is 27.6. The van der Waals surface area contributed by atoms with Crippen molar-refractivity contribution in [3.05, 3.63) is 81.8 Å². The van der Waals surface area contributed by atoms with Crippen LogP contribution in [0.5, 0.6) is 11.5 Å². The second kappa shape index (κ2) is 11.0. The highest BCUT2D eigenvalue weighted by Gasteiger charge is 2.22. The van der Waals surface area contributed by atoms with E-state index in [0.29, 0.717) is 23.1 Å². The molecule has 1 amide bonds. The van der Waals surface area contributed by atoms with Crippen LogP contribution in [-0.4, -0.2) is 30.6 Å². The van der Waals surface area contributed by atoms with Crippen molar-refractivity contribution in [2.24, 2.45) is 10.2 Å².